The Labute approximate surface area is 174 Å². The Kier molecular flexibility index (Phi) is 6.88. The largest absolute Gasteiger partial charge is 0.493 e. The van der Waals surface area contributed by atoms with E-state index >= 15 is 0 Å². The number of carbonyl (C=O) groups excluding carboxylic acids is 1. The lowest BCUT2D eigenvalue weighted by Gasteiger charge is -2.12. The standard InChI is InChI=1S/C22H23ClN2O4/c1-4-5-6-15(26)9-14-7-8-16(10-18(14)23)29-22-17-11-20(27-2)21(28-3)12-19(17)24-13-25-22/h7-8,10-13H,4-6,9H2,1-3H3. The van der Waals surface area contributed by atoms with Crippen molar-refractivity contribution in [2.75, 3.05) is 14.2 Å². The number of unbranched alkanes of at least 4 members (excludes halogenated alkanes) is 1. The monoisotopic (exact) mass is 414 g/mol. The second-order valence-corrected chi connectivity index (χ2v) is 6.98. The molecule has 0 spiro atoms. The van der Waals surface area contributed by atoms with E-state index in [1.165, 1.54) is 6.33 Å². The fraction of sp³-hybridized carbons (Fsp3) is 0.318. The highest BCUT2D eigenvalue weighted by molar-refractivity contribution is 6.31. The zero-order valence-electron chi connectivity index (χ0n) is 16.7. The number of carbonyl (C=O) groups is 1. The van der Waals surface area contributed by atoms with Crippen LogP contribution in [0.2, 0.25) is 5.02 Å². The first-order valence-corrected chi connectivity index (χ1v) is 9.78. The van der Waals surface area contributed by atoms with Crippen LogP contribution < -0.4 is 14.2 Å². The van der Waals surface area contributed by atoms with Gasteiger partial charge in [0, 0.05) is 23.9 Å². The molecular weight excluding hydrogens is 392 g/mol. The molecule has 0 bridgehead atoms. The van der Waals surface area contributed by atoms with Crippen LogP contribution >= 0.6 is 11.6 Å². The Bertz CT molecular complexity index is 1020. The molecule has 7 heteroatoms. The number of methoxy groups -OCH3 is 2. The molecule has 0 unspecified atom stereocenters. The van der Waals surface area contributed by atoms with E-state index < -0.39 is 0 Å². The first-order valence-electron chi connectivity index (χ1n) is 9.40. The third-order valence-corrected chi connectivity index (χ3v) is 4.89. The fourth-order valence-corrected chi connectivity index (χ4v) is 3.20. The van der Waals surface area contributed by atoms with Gasteiger partial charge in [0.15, 0.2) is 11.5 Å². The number of Topliss-reactive ketones (excluding diaryl/α,β-unsaturated/α-hetero) is 1. The number of hydrogen-bond acceptors (Lipinski definition) is 6. The smallest absolute Gasteiger partial charge is 0.230 e. The lowest BCUT2D eigenvalue weighted by molar-refractivity contribution is -0.118. The summed E-state index contributed by atoms with van der Waals surface area (Å²) in [5, 5.41) is 1.17. The Morgan fingerprint density at radius 2 is 1.83 bits per heavy atom. The van der Waals surface area contributed by atoms with Crippen LogP contribution in [0.15, 0.2) is 36.7 Å². The fourth-order valence-electron chi connectivity index (χ4n) is 2.96. The van der Waals surface area contributed by atoms with Gasteiger partial charge in [0.2, 0.25) is 5.88 Å². The van der Waals surface area contributed by atoms with Crippen molar-refractivity contribution < 1.29 is 19.0 Å². The highest BCUT2D eigenvalue weighted by Gasteiger charge is 2.14. The minimum absolute atomic E-state index is 0.185. The van der Waals surface area contributed by atoms with Crippen LogP contribution in [0.1, 0.15) is 31.7 Å². The predicted molar refractivity (Wildman–Crippen MR) is 112 cm³/mol. The van der Waals surface area contributed by atoms with E-state index in [1.807, 2.05) is 6.07 Å². The molecule has 2 aromatic carbocycles. The van der Waals surface area contributed by atoms with Crippen molar-refractivity contribution in [3.8, 4) is 23.1 Å². The molecule has 0 amide bonds. The SMILES string of the molecule is CCCCC(=O)Cc1ccc(Oc2ncnc3cc(OC)c(OC)cc23)cc1Cl. The molecule has 0 radical (unpaired) electrons. The number of aromatic nitrogens is 2. The van der Waals surface area contributed by atoms with Crippen LogP contribution in [0.4, 0.5) is 0 Å². The van der Waals surface area contributed by atoms with Crippen molar-refractivity contribution in [1.29, 1.82) is 0 Å². The molecule has 1 aromatic heterocycles. The summed E-state index contributed by atoms with van der Waals surface area (Å²) in [7, 11) is 3.13. The number of ketones is 1. The molecule has 0 aliphatic carbocycles. The Balaban J connectivity index is 1.85. The van der Waals surface area contributed by atoms with Gasteiger partial charge < -0.3 is 14.2 Å². The van der Waals surface area contributed by atoms with E-state index in [1.54, 1.807) is 38.5 Å². The maximum absolute atomic E-state index is 12.0. The van der Waals surface area contributed by atoms with Crippen LogP contribution in [-0.4, -0.2) is 30.0 Å². The normalized spacial score (nSPS) is 10.8. The van der Waals surface area contributed by atoms with Gasteiger partial charge in [-0.3, -0.25) is 4.79 Å². The van der Waals surface area contributed by atoms with Gasteiger partial charge in [-0.25, -0.2) is 9.97 Å². The summed E-state index contributed by atoms with van der Waals surface area (Å²) in [5.41, 5.74) is 1.45. The van der Waals surface area contributed by atoms with Crippen LogP contribution in [0.3, 0.4) is 0 Å². The van der Waals surface area contributed by atoms with E-state index in [9.17, 15) is 4.79 Å². The maximum Gasteiger partial charge on any atom is 0.230 e. The first-order chi connectivity index (χ1) is 14.0. The summed E-state index contributed by atoms with van der Waals surface area (Å²) in [6.45, 7) is 2.06. The van der Waals surface area contributed by atoms with Crippen molar-refractivity contribution in [3.05, 3.63) is 47.2 Å². The minimum Gasteiger partial charge on any atom is -0.493 e. The van der Waals surface area contributed by atoms with E-state index in [0.717, 1.165) is 18.4 Å². The number of rotatable bonds is 9. The Hall–Kier alpha value is -2.86. The summed E-state index contributed by atoms with van der Waals surface area (Å²) in [6, 6.07) is 8.82. The molecule has 3 rings (SSSR count). The number of nitrogens with zero attached hydrogens (tertiary/aromatic N) is 2. The molecule has 0 aliphatic heterocycles. The third kappa shape index (κ3) is 4.95. The van der Waals surface area contributed by atoms with Crippen LogP contribution in [0.5, 0.6) is 23.1 Å². The van der Waals surface area contributed by atoms with E-state index in [0.29, 0.717) is 51.9 Å². The zero-order chi connectivity index (χ0) is 20.8. The minimum atomic E-state index is 0.185. The van der Waals surface area contributed by atoms with Gasteiger partial charge in [-0.2, -0.15) is 0 Å². The average Bonchev–Trinajstić information content (AvgIpc) is 2.73. The van der Waals surface area contributed by atoms with Gasteiger partial charge in [0.25, 0.3) is 0 Å². The summed E-state index contributed by atoms with van der Waals surface area (Å²) < 4.78 is 16.6. The van der Waals surface area contributed by atoms with E-state index in [-0.39, 0.29) is 5.78 Å². The molecule has 6 nitrogen and oxygen atoms in total. The molecule has 0 aliphatic rings. The Morgan fingerprint density at radius 1 is 1.07 bits per heavy atom. The van der Waals surface area contributed by atoms with E-state index in [4.69, 9.17) is 25.8 Å². The highest BCUT2D eigenvalue weighted by Crippen LogP contribution is 2.36. The lowest BCUT2D eigenvalue weighted by Crippen LogP contribution is -2.03. The summed E-state index contributed by atoms with van der Waals surface area (Å²) in [4.78, 5) is 20.5. The van der Waals surface area contributed by atoms with Crippen molar-refractivity contribution in [2.24, 2.45) is 0 Å². The predicted octanol–water partition coefficient (Wildman–Crippen LogP) is 5.39. The van der Waals surface area contributed by atoms with E-state index in [2.05, 4.69) is 16.9 Å². The van der Waals surface area contributed by atoms with Crippen molar-refractivity contribution >= 4 is 28.3 Å². The molecule has 0 saturated carbocycles. The third-order valence-electron chi connectivity index (χ3n) is 4.54. The molecule has 0 N–H and O–H groups in total. The highest BCUT2D eigenvalue weighted by atomic mass is 35.5. The summed E-state index contributed by atoms with van der Waals surface area (Å²) >= 11 is 6.38. The van der Waals surface area contributed by atoms with Gasteiger partial charge in [-0.1, -0.05) is 31.0 Å². The summed E-state index contributed by atoms with van der Waals surface area (Å²) in [6.07, 6.45) is 4.21. The molecule has 152 valence electrons. The maximum atomic E-state index is 12.0. The number of halogens is 1. The van der Waals surface area contributed by atoms with Gasteiger partial charge in [0.05, 0.1) is 25.1 Å². The summed E-state index contributed by atoms with van der Waals surface area (Å²) in [5.74, 6) is 2.21. The van der Waals surface area contributed by atoms with Gasteiger partial charge >= 0.3 is 0 Å². The topological polar surface area (TPSA) is 70.5 Å². The molecule has 1 heterocycles. The zero-order valence-corrected chi connectivity index (χ0v) is 17.5. The number of ether oxygens (including phenoxy) is 3. The van der Waals surface area contributed by atoms with Gasteiger partial charge in [-0.15, -0.1) is 0 Å². The van der Waals surface area contributed by atoms with Crippen molar-refractivity contribution in [3.63, 3.8) is 0 Å². The molecular formula is C22H23ClN2O4. The van der Waals surface area contributed by atoms with Gasteiger partial charge in [-0.05, 0) is 30.2 Å². The van der Waals surface area contributed by atoms with Crippen molar-refractivity contribution in [1.82, 2.24) is 9.97 Å². The molecule has 3 aromatic rings. The molecule has 29 heavy (non-hydrogen) atoms. The molecule has 0 fully saturated rings. The second kappa shape index (κ2) is 9.56. The molecule has 0 atom stereocenters. The number of benzene rings is 2. The average molecular weight is 415 g/mol. The lowest BCUT2D eigenvalue weighted by atomic mass is 10.0. The second-order valence-electron chi connectivity index (χ2n) is 6.58. The van der Waals surface area contributed by atoms with Crippen LogP contribution in [0.25, 0.3) is 10.9 Å². The number of hydrogen-bond donors (Lipinski definition) is 0. The number of fused-ring (bicyclic) bond motifs is 1. The van der Waals surface area contributed by atoms with Crippen molar-refractivity contribution in [2.45, 2.75) is 32.6 Å². The van der Waals surface area contributed by atoms with Crippen LogP contribution in [-0.2, 0) is 11.2 Å². The first kappa shape index (κ1) is 20.9. The van der Waals surface area contributed by atoms with Gasteiger partial charge in [0.1, 0.15) is 17.9 Å². The molecule has 0 saturated heterocycles. The quantitative estimate of drug-likeness (QED) is 0.467. The Morgan fingerprint density at radius 3 is 2.52 bits per heavy atom. The van der Waals surface area contributed by atoms with Crippen LogP contribution in [0, 0.1) is 0 Å².